The van der Waals surface area contributed by atoms with E-state index in [1.54, 1.807) is 0 Å². The summed E-state index contributed by atoms with van der Waals surface area (Å²) in [6, 6.07) is 5.90. The highest BCUT2D eigenvalue weighted by Crippen LogP contribution is 2.25. The van der Waals surface area contributed by atoms with Crippen LogP contribution >= 0.6 is 0 Å². The number of anilines is 1. The van der Waals surface area contributed by atoms with Crippen molar-refractivity contribution in [3.05, 3.63) is 29.3 Å². The predicted octanol–water partition coefficient (Wildman–Crippen LogP) is 1.11. The van der Waals surface area contributed by atoms with Crippen LogP contribution in [-0.4, -0.2) is 56.7 Å². The van der Waals surface area contributed by atoms with Gasteiger partial charge in [0.25, 0.3) is 5.91 Å². The number of morpholine rings is 1. The Bertz CT molecular complexity index is 518. The molecule has 21 heavy (non-hydrogen) atoms. The minimum atomic E-state index is 0.00683. The van der Waals surface area contributed by atoms with Crippen LogP contribution < -0.4 is 10.6 Å². The van der Waals surface area contributed by atoms with Crippen LogP contribution in [-0.2, 0) is 11.2 Å². The van der Waals surface area contributed by atoms with Crippen LogP contribution in [0.25, 0.3) is 0 Å². The second-order valence-corrected chi connectivity index (χ2v) is 5.83. The first-order valence-corrected chi connectivity index (χ1v) is 7.68. The number of benzene rings is 1. The van der Waals surface area contributed by atoms with Gasteiger partial charge in [-0.25, -0.2) is 0 Å². The fraction of sp³-hybridized carbons (Fsp3) is 0.562. The standard InChI is InChI=1S/C16H23N3O2/c1-19-8-9-21-12(11-19)10-18-16(20)14-4-2-6-15-13(14)5-3-7-17-15/h2,4,6,12,17H,3,5,7-11H2,1H3,(H,18,20). The molecule has 0 saturated carbocycles. The smallest absolute Gasteiger partial charge is 0.251 e. The number of nitrogens with one attached hydrogen (secondary N) is 2. The molecule has 2 aliphatic rings. The number of hydrogen-bond acceptors (Lipinski definition) is 4. The first-order chi connectivity index (χ1) is 10.2. The van der Waals surface area contributed by atoms with Crippen molar-refractivity contribution in [1.29, 1.82) is 0 Å². The maximum absolute atomic E-state index is 12.4. The number of likely N-dealkylation sites (N-methyl/N-ethyl adjacent to an activating group) is 1. The summed E-state index contributed by atoms with van der Waals surface area (Å²) in [6.07, 6.45) is 2.13. The van der Waals surface area contributed by atoms with Crippen LogP contribution in [0.5, 0.6) is 0 Å². The monoisotopic (exact) mass is 289 g/mol. The Kier molecular flexibility index (Phi) is 4.41. The van der Waals surface area contributed by atoms with Crippen LogP contribution in [0.3, 0.4) is 0 Å². The molecular formula is C16H23N3O2. The maximum atomic E-state index is 12.4. The van der Waals surface area contributed by atoms with E-state index < -0.39 is 0 Å². The Morgan fingerprint density at radius 1 is 1.52 bits per heavy atom. The molecule has 1 amide bonds. The second-order valence-electron chi connectivity index (χ2n) is 5.83. The molecule has 1 saturated heterocycles. The van der Waals surface area contributed by atoms with Crippen LogP contribution in [0.4, 0.5) is 5.69 Å². The molecule has 1 atom stereocenters. The third-order valence-corrected chi connectivity index (χ3v) is 4.17. The number of amides is 1. The van der Waals surface area contributed by atoms with Gasteiger partial charge in [-0.15, -0.1) is 0 Å². The lowest BCUT2D eigenvalue weighted by molar-refractivity contribution is -0.0175. The van der Waals surface area contributed by atoms with Gasteiger partial charge in [0.2, 0.25) is 0 Å². The van der Waals surface area contributed by atoms with Crippen LogP contribution in [0.1, 0.15) is 22.3 Å². The lowest BCUT2D eigenvalue weighted by Gasteiger charge is -2.30. The van der Waals surface area contributed by atoms with Crippen molar-refractivity contribution >= 4 is 11.6 Å². The van der Waals surface area contributed by atoms with E-state index in [4.69, 9.17) is 4.74 Å². The maximum Gasteiger partial charge on any atom is 0.251 e. The van der Waals surface area contributed by atoms with E-state index in [1.807, 2.05) is 18.2 Å². The Morgan fingerprint density at radius 2 is 2.43 bits per heavy atom. The average molecular weight is 289 g/mol. The molecule has 3 rings (SSSR count). The number of fused-ring (bicyclic) bond motifs is 1. The predicted molar refractivity (Wildman–Crippen MR) is 82.8 cm³/mol. The van der Waals surface area contributed by atoms with E-state index >= 15 is 0 Å². The van der Waals surface area contributed by atoms with E-state index in [-0.39, 0.29) is 12.0 Å². The molecule has 1 aromatic carbocycles. The van der Waals surface area contributed by atoms with Crippen molar-refractivity contribution in [2.24, 2.45) is 0 Å². The van der Waals surface area contributed by atoms with Crippen molar-refractivity contribution in [3.8, 4) is 0 Å². The van der Waals surface area contributed by atoms with Crippen molar-refractivity contribution in [3.63, 3.8) is 0 Å². The Balaban J connectivity index is 1.63. The zero-order valence-electron chi connectivity index (χ0n) is 12.5. The molecule has 2 heterocycles. The van der Waals surface area contributed by atoms with Crippen molar-refractivity contribution in [1.82, 2.24) is 10.2 Å². The summed E-state index contributed by atoms with van der Waals surface area (Å²) in [5.41, 5.74) is 3.04. The molecule has 0 aliphatic carbocycles. The Hall–Kier alpha value is -1.59. The molecule has 2 N–H and O–H groups in total. The highest BCUT2D eigenvalue weighted by Gasteiger charge is 2.21. The quantitative estimate of drug-likeness (QED) is 0.875. The highest BCUT2D eigenvalue weighted by molar-refractivity contribution is 5.97. The Labute approximate surface area is 125 Å². The summed E-state index contributed by atoms with van der Waals surface area (Å²) in [4.78, 5) is 14.7. The van der Waals surface area contributed by atoms with Gasteiger partial charge >= 0.3 is 0 Å². The van der Waals surface area contributed by atoms with Gasteiger partial charge in [-0.1, -0.05) is 6.07 Å². The average Bonchev–Trinajstić information content (AvgIpc) is 2.52. The molecule has 2 aliphatic heterocycles. The molecule has 0 radical (unpaired) electrons. The summed E-state index contributed by atoms with van der Waals surface area (Å²) in [6.45, 7) is 4.12. The van der Waals surface area contributed by atoms with Crippen molar-refractivity contribution in [2.75, 3.05) is 45.2 Å². The number of carbonyl (C=O) groups is 1. The molecule has 5 heteroatoms. The van der Waals surface area contributed by atoms with Gasteiger partial charge in [-0.2, -0.15) is 0 Å². The van der Waals surface area contributed by atoms with Gasteiger partial charge in [0.1, 0.15) is 0 Å². The van der Waals surface area contributed by atoms with Crippen molar-refractivity contribution < 1.29 is 9.53 Å². The Morgan fingerprint density at radius 3 is 3.29 bits per heavy atom. The number of nitrogens with zero attached hydrogens (tertiary/aromatic N) is 1. The van der Waals surface area contributed by atoms with E-state index in [0.717, 1.165) is 55.9 Å². The molecule has 1 aromatic rings. The number of rotatable bonds is 3. The highest BCUT2D eigenvalue weighted by atomic mass is 16.5. The molecule has 0 aromatic heterocycles. The molecule has 0 bridgehead atoms. The fourth-order valence-corrected chi connectivity index (χ4v) is 3.01. The normalized spacial score (nSPS) is 22.2. The van der Waals surface area contributed by atoms with Crippen molar-refractivity contribution in [2.45, 2.75) is 18.9 Å². The second kappa shape index (κ2) is 6.45. The van der Waals surface area contributed by atoms with Gasteiger partial charge < -0.3 is 20.3 Å². The molecule has 114 valence electrons. The summed E-state index contributed by atoms with van der Waals surface area (Å²) in [5.74, 6) is 0.00683. The van der Waals surface area contributed by atoms with E-state index in [9.17, 15) is 4.79 Å². The topological polar surface area (TPSA) is 53.6 Å². The molecular weight excluding hydrogens is 266 g/mol. The van der Waals surface area contributed by atoms with E-state index in [1.165, 1.54) is 0 Å². The largest absolute Gasteiger partial charge is 0.385 e. The zero-order valence-corrected chi connectivity index (χ0v) is 12.5. The van der Waals surface area contributed by atoms with Gasteiger partial charge in [0.15, 0.2) is 0 Å². The molecule has 1 unspecified atom stereocenters. The van der Waals surface area contributed by atoms with E-state index in [2.05, 4.69) is 22.6 Å². The first kappa shape index (κ1) is 14.4. The van der Waals surface area contributed by atoms with Gasteiger partial charge in [-0.05, 0) is 37.6 Å². The summed E-state index contributed by atoms with van der Waals surface area (Å²) >= 11 is 0. The first-order valence-electron chi connectivity index (χ1n) is 7.68. The van der Waals surface area contributed by atoms with Gasteiger partial charge in [-0.3, -0.25) is 4.79 Å². The number of ether oxygens (including phenoxy) is 1. The fourth-order valence-electron chi connectivity index (χ4n) is 3.01. The van der Waals surface area contributed by atoms with Gasteiger partial charge in [0, 0.05) is 37.4 Å². The third-order valence-electron chi connectivity index (χ3n) is 4.17. The molecule has 0 spiro atoms. The number of carbonyl (C=O) groups excluding carboxylic acids is 1. The van der Waals surface area contributed by atoms with Crippen LogP contribution in [0.15, 0.2) is 18.2 Å². The molecule has 5 nitrogen and oxygen atoms in total. The minimum Gasteiger partial charge on any atom is -0.385 e. The summed E-state index contributed by atoms with van der Waals surface area (Å²) in [5, 5.41) is 6.38. The van der Waals surface area contributed by atoms with Crippen LogP contribution in [0, 0.1) is 0 Å². The van der Waals surface area contributed by atoms with Gasteiger partial charge in [0.05, 0.1) is 12.7 Å². The number of hydrogen-bond donors (Lipinski definition) is 2. The van der Waals surface area contributed by atoms with E-state index in [0.29, 0.717) is 6.54 Å². The lowest BCUT2D eigenvalue weighted by atomic mass is 9.97. The summed E-state index contributed by atoms with van der Waals surface area (Å²) < 4.78 is 5.68. The molecule has 1 fully saturated rings. The van der Waals surface area contributed by atoms with Crippen LogP contribution in [0.2, 0.25) is 0 Å². The third kappa shape index (κ3) is 3.36. The summed E-state index contributed by atoms with van der Waals surface area (Å²) in [7, 11) is 2.08. The lowest BCUT2D eigenvalue weighted by Crippen LogP contribution is -2.46. The SMILES string of the molecule is CN1CCOC(CNC(=O)c2cccc3c2CCCN3)C1. The zero-order chi connectivity index (χ0) is 14.7. The minimum absolute atomic E-state index is 0.00683.